The monoisotopic (exact) mass is 192 g/mol. The molecule has 2 heteroatoms. The van der Waals surface area contributed by atoms with Gasteiger partial charge in [0.1, 0.15) is 12.0 Å². The molecular formula is C12H13FO. The predicted octanol–water partition coefficient (Wildman–Crippen LogP) is 2.93. The number of benzene rings is 1. The maximum Gasteiger partial charge on any atom is 0.150 e. The number of halogens is 1. The van der Waals surface area contributed by atoms with Crippen molar-refractivity contribution in [1.29, 1.82) is 0 Å². The standard InChI is InChI=1S/C12H13FO/c13-12(5-2-6-12)8-10-3-1-4-11(7-10)9-14/h1,3-4,7,9H,2,5-6,8H2. The van der Waals surface area contributed by atoms with Crippen LogP contribution < -0.4 is 0 Å². The number of aldehydes is 1. The zero-order valence-electron chi connectivity index (χ0n) is 8.00. The second-order valence-electron chi connectivity index (χ2n) is 4.04. The summed E-state index contributed by atoms with van der Waals surface area (Å²) in [6.45, 7) is 0. The van der Waals surface area contributed by atoms with E-state index in [0.29, 0.717) is 24.8 Å². The molecule has 1 nitrogen and oxygen atoms in total. The van der Waals surface area contributed by atoms with E-state index >= 15 is 0 Å². The molecule has 0 aromatic heterocycles. The van der Waals surface area contributed by atoms with Crippen LogP contribution in [0.1, 0.15) is 35.2 Å². The molecule has 0 aliphatic heterocycles. The van der Waals surface area contributed by atoms with Crippen LogP contribution >= 0.6 is 0 Å². The highest BCUT2D eigenvalue weighted by atomic mass is 19.1. The minimum absolute atomic E-state index is 0.453. The molecule has 0 bridgehead atoms. The molecule has 2 rings (SSSR count). The Morgan fingerprint density at radius 3 is 2.79 bits per heavy atom. The molecule has 0 unspecified atom stereocenters. The van der Waals surface area contributed by atoms with Gasteiger partial charge in [0.25, 0.3) is 0 Å². The van der Waals surface area contributed by atoms with E-state index in [2.05, 4.69) is 0 Å². The summed E-state index contributed by atoms with van der Waals surface area (Å²) in [5.74, 6) is 0. The van der Waals surface area contributed by atoms with Gasteiger partial charge in [-0.3, -0.25) is 4.79 Å². The first-order chi connectivity index (χ1) is 6.72. The molecule has 1 fully saturated rings. The fourth-order valence-electron chi connectivity index (χ4n) is 1.88. The summed E-state index contributed by atoms with van der Waals surface area (Å²) in [5.41, 5.74) is 0.559. The van der Waals surface area contributed by atoms with Gasteiger partial charge in [-0.2, -0.15) is 0 Å². The van der Waals surface area contributed by atoms with Crippen molar-refractivity contribution in [3.8, 4) is 0 Å². The molecule has 0 heterocycles. The third-order valence-electron chi connectivity index (χ3n) is 2.86. The topological polar surface area (TPSA) is 17.1 Å². The molecule has 1 aromatic carbocycles. The van der Waals surface area contributed by atoms with E-state index in [1.807, 2.05) is 6.07 Å². The Morgan fingerprint density at radius 1 is 1.43 bits per heavy atom. The first-order valence-corrected chi connectivity index (χ1v) is 4.95. The number of carbonyl (C=O) groups is 1. The fourth-order valence-corrected chi connectivity index (χ4v) is 1.88. The predicted molar refractivity (Wildman–Crippen MR) is 53.2 cm³/mol. The van der Waals surface area contributed by atoms with E-state index in [-0.39, 0.29) is 0 Å². The van der Waals surface area contributed by atoms with Crippen LogP contribution in [0.4, 0.5) is 4.39 Å². The average molecular weight is 192 g/mol. The summed E-state index contributed by atoms with van der Waals surface area (Å²) >= 11 is 0. The lowest BCUT2D eigenvalue weighted by molar-refractivity contribution is 0.0641. The van der Waals surface area contributed by atoms with Crippen molar-refractivity contribution >= 4 is 6.29 Å². The second kappa shape index (κ2) is 3.52. The molecule has 0 saturated heterocycles. The van der Waals surface area contributed by atoms with Gasteiger partial charge in [0.15, 0.2) is 0 Å². The van der Waals surface area contributed by atoms with Gasteiger partial charge >= 0.3 is 0 Å². The zero-order valence-corrected chi connectivity index (χ0v) is 8.00. The second-order valence-corrected chi connectivity index (χ2v) is 4.04. The number of hydrogen-bond donors (Lipinski definition) is 0. The van der Waals surface area contributed by atoms with E-state index < -0.39 is 5.67 Å². The maximum atomic E-state index is 13.7. The van der Waals surface area contributed by atoms with Crippen LogP contribution in [0, 0.1) is 0 Å². The van der Waals surface area contributed by atoms with Gasteiger partial charge in [0, 0.05) is 12.0 Å². The highest BCUT2D eigenvalue weighted by molar-refractivity contribution is 5.74. The Morgan fingerprint density at radius 2 is 2.21 bits per heavy atom. The Labute approximate surface area is 82.9 Å². The molecule has 1 saturated carbocycles. The highest BCUT2D eigenvalue weighted by Gasteiger charge is 2.36. The molecular weight excluding hydrogens is 179 g/mol. The quantitative estimate of drug-likeness (QED) is 0.673. The molecule has 0 atom stereocenters. The Hall–Kier alpha value is -1.18. The lowest BCUT2D eigenvalue weighted by Crippen LogP contribution is -2.34. The Bertz CT molecular complexity index is 342. The van der Waals surface area contributed by atoms with E-state index in [4.69, 9.17) is 0 Å². The number of alkyl halides is 1. The molecule has 14 heavy (non-hydrogen) atoms. The first-order valence-electron chi connectivity index (χ1n) is 4.95. The van der Waals surface area contributed by atoms with Crippen LogP contribution in [0.3, 0.4) is 0 Å². The van der Waals surface area contributed by atoms with Gasteiger partial charge < -0.3 is 0 Å². The Balaban J connectivity index is 2.12. The van der Waals surface area contributed by atoms with Crippen LogP contribution in [0.25, 0.3) is 0 Å². The molecule has 1 aliphatic carbocycles. The molecule has 0 radical (unpaired) electrons. The van der Waals surface area contributed by atoms with Crippen LogP contribution in [0.15, 0.2) is 24.3 Å². The first kappa shape index (κ1) is 9.38. The van der Waals surface area contributed by atoms with Crippen molar-refractivity contribution in [3.63, 3.8) is 0 Å². The number of rotatable bonds is 3. The van der Waals surface area contributed by atoms with Gasteiger partial charge in [-0.25, -0.2) is 4.39 Å². The molecule has 1 aromatic rings. The lowest BCUT2D eigenvalue weighted by Gasteiger charge is -2.33. The third kappa shape index (κ3) is 1.84. The van der Waals surface area contributed by atoms with Crippen molar-refractivity contribution in [3.05, 3.63) is 35.4 Å². The summed E-state index contributed by atoms with van der Waals surface area (Å²) in [4.78, 5) is 10.5. The van der Waals surface area contributed by atoms with Crippen molar-refractivity contribution in [1.82, 2.24) is 0 Å². The Kier molecular flexibility index (Phi) is 2.36. The van der Waals surface area contributed by atoms with E-state index in [1.165, 1.54) is 0 Å². The third-order valence-corrected chi connectivity index (χ3v) is 2.86. The van der Waals surface area contributed by atoms with Crippen LogP contribution in [-0.4, -0.2) is 12.0 Å². The van der Waals surface area contributed by atoms with Gasteiger partial charge in [-0.05, 0) is 30.9 Å². The van der Waals surface area contributed by atoms with Crippen LogP contribution in [0.2, 0.25) is 0 Å². The maximum absolute atomic E-state index is 13.7. The van der Waals surface area contributed by atoms with Gasteiger partial charge in [0.2, 0.25) is 0 Å². The van der Waals surface area contributed by atoms with Crippen LogP contribution in [-0.2, 0) is 6.42 Å². The SMILES string of the molecule is O=Cc1cccc(CC2(F)CCC2)c1. The van der Waals surface area contributed by atoms with Gasteiger partial charge in [0.05, 0.1) is 0 Å². The largest absolute Gasteiger partial charge is 0.298 e. The van der Waals surface area contributed by atoms with Crippen molar-refractivity contribution in [2.75, 3.05) is 0 Å². The summed E-state index contributed by atoms with van der Waals surface area (Å²) in [6, 6.07) is 7.20. The fraction of sp³-hybridized carbons (Fsp3) is 0.417. The zero-order chi connectivity index (χ0) is 10.0. The minimum atomic E-state index is -0.999. The van der Waals surface area contributed by atoms with E-state index in [9.17, 15) is 9.18 Å². The summed E-state index contributed by atoms with van der Waals surface area (Å²) < 4.78 is 13.7. The molecule has 1 aliphatic rings. The normalized spacial score (nSPS) is 18.6. The van der Waals surface area contributed by atoms with Crippen molar-refractivity contribution < 1.29 is 9.18 Å². The number of hydrogen-bond acceptors (Lipinski definition) is 1. The van der Waals surface area contributed by atoms with Gasteiger partial charge in [-0.1, -0.05) is 18.2 Å². The lowest BCUT2D eigenvalue weighted by atomic mass is 9.77. The minimum Gasteiger partial charge on any atom is -0.298 e. The van der Waals surface area contributed by atoms with Crippen LogP contribution in [0.5, 0.6) is 0 Å². The van der Waals surface area contributed by atoms with Crippen molar-refractivity contribution in [2.45, 2.75) is 31.4 Å². The summed E-state index contributed by atoms with van der Waals surface area (Å²) in [6.07, 6.45) is 3.57. The summed E-state index contributed by atoms with van der Waals surface area (Å²) in [5, 5.41) is 0. The molecule has 0 N–H and O–H groups in total. The van der Waals surface area contributed by atoms with Gasteiger partial charge in [-0.15, -0.1) is 0 Å². The molecule has 0 spiro atoms. The highest BCUT2D eigenvalue weighted by Crippen LogP contribution is 2.38. The molecule has 0 amide bonds. The smallest absolute Gasteiger partial charge is 0.150 e. The average Bonchev–Trinajstić information content (AvgIpc) is 2.16. The number of carbonyl (C=O) groups excluding carboxylic acids is 1. The van der Waals surface area contributed by atoms with Crippen molar-refractivity contribution in [2.24, 2.45) is 0 Å². The van der Waals surface area contributed by atoms with E-state index in [1.54, 1.807) is 18.2 Å². The summed E-state index contributed by atoms with van der Waals surface area (Å²) in [7, 11) is 0. The van der Waals surface area contributed by atoms with E-state index in [0.717, 1.165) is 18.3 Å². The molecule has 74 valence electrons.